The van der Waals surface area contributed by atoms with Gasteiger partial charge in [0.1, 0.15) is 12.2 Å². The summed E-state index contributed by atoms with van der Waals surface area (Å²) in [7, 11) is 1.81. The first-order valence-corrected chi connectivity index (χ1v) is 9.39. The van der Waals surface area contributed by atoms with Crippen LogP contribution in [0.5, 0.6) is 0 Å². The van der Waals surface area contributed by atoms with E-state index < -0.39 is 0 Å². The number of halogens is 1. The first-order chi connectivity index (χ1) is 11.2. The van der Waals surface area contributed by atoms with E-state index in [9.17, 15) is 0 Å². The average molecular weight is 468 g/mol. The number of aromatic nitrogens is 3. The minimum absolute atomic E-state index is 0. The third-order valence-corrected chi connectivity index (χ3v) is 5.71. The Morgan fingerprint density at radius 3 is 2.79 bits per heavy atom. The van der Waals surface area contributed by atoms with Crippen molar-refractivity contribution in [1.82, 2.24) is 25.4 Å². The molecule has 0 unspecified atom stereocenters. The standard InChI is InChI=1S/C15H28N6OS.HI/c1-4-13-20-19-12-21(13)8-7-17-14(16-2)18-11-15(23-3)5-9-22-10-6-15;/h12H,4-11H2,1-3H3,(H2,16,17,18);1H. The highest BCUT2D eigenvalue weighted by Crippen LogP contribution is 2.32. The number of aryl methyl sites for hydroxylation is 1. The van der Waals surface area contributed by atoms with Crippen LogP contribution in [0.3, 0.4) is 0 Å². The number of nitrogens with zero attached hydrogens (tertiary/aromatic N) is 4. The molecule has 24 heavy (non-hydrogen) atoms. The molecule has 0 saturated carbocycles. The predicted molar refractivity (Wildman–Crippen MR) is 110 cm³/mol. The highest BCUT2D eigenvalue weighted by atomic mass is 127. The molecule has 0 spiro atoms. The molecule has 1 aromatic rings. The van der Waals surface area contributed by atoms with Crippen LogP contribution in [-0.2, 0) is 17.7 Å². The Hall–Kier alpha value is -0.550. The maximum absolute atomic E-state index is 5.49. The number of nitrogens with one attached hydrogen (secondary N) is 2. The van der Waals surface area contributed by atoms with Gasteiger partial charge in [-0.25, -0.2) is 0 Å². The lowest BCUT2D eigenvalue weighted by Crippen LogP contribution is -2.48. The molecule has 0 amide bonds. The first-order valence-electron chi connectivity index (χ1n) is 8.17. The molecule has 1 fully saturated rings. The number of thioether (sulfide) groups is 1. The molecule has 1 aromatic heterocycles. The second-order valence-electron chi connectivity index (χ2n) is 5.65. The van der Waals surface area contributed by atoms with Crippen LogP contribution >= 0.6 is 35.7 Å². The first kappa shape index (κ1) is 21.5. The number of rotatable bonds is 7. The van der Waals surface area contributed by atoms with Crippen molar-refractivity contribution in [2.45, 2.75) is 37.5 Å². The summed E-state index contributed by atoms with van der Waals surface area (Å²) in [6.07, 6.45) is 7.02. The van der Waals surface area contributed by atoms with Crippen molar-refractivity contribution in [2.24, 2.45) is 4.99 Å². The molecule has 0 radical (unpaired) electrons. The van der Waals surface area contributed by atoms with E-state index in [2.05, 4.69) is 43.6 Å². The van der Waals surface area contributed by atoms with Gasteiger partial charge in [-0.2, -0.15) is 11.8 Å². The third kappa shape index (κ3) is 6.07. The van der Waals surface area contributed by atoms with Crippen molar-refractivity contribution >= 4 is 41.7 Å². The summed E-state index contributed by atoms with van der Waals surface area (Å²) in [4.78, 5) is 4.31. The molecule has 138 valence electrons. The SMILES string of the molecule is CCc1nncn1CCNC(=NC)NCC1(SC)CCOCC1.I. The second kappa shape index (κ2) is 11.1. The molecule has 2 heterocycles. The van der Waals surface area contributed by atoms with Crippen molar-refractivity contribution in [3.05, 3.63) is 12.2 Å². The fourth-order valence-corrected chi connectivity index (χ4v) is 3.49. The monoisotopic (exact) mass is 468 g/mol. The maximum atomic E-state index is 5.49. The van der Waals surface area contributed by atoms with Crippen molar-refractivity contribution in [3.8, 4) is 0 Å². The van der Waals surface area contributed by atoms with Crippen molar-refractivity contribution < 1.29 is 4.74 Å². The smallest absolute Gasteiger partial charge is 0.191 e. The quantitative estimate of drug-likeness (QED) is 0.359. The number of guanidine groups is 1. The second-order valence-corrected chi connectivity index (χ2v) is 6.92. The molecular weight excluding hydrogens is 439 g/mol. The van der Waals surface area contributed by atoms with E-state index >= 15 is 0 Å². The number of hydrogen-bond donors (Lipinski definition) is 2. The Balaban J connectivity index is 0.00000288. The van der Waals surface area contributed by atoms with E-state index in [4.69, 9.17) is 4.74 Å². The Morgan fingerprint density at radius 2 is 2.17 bits per heavy atom. The van der Waals surface area contributed by atoms with E-state index in [1.54, 1.807) is 13.4 Å². The van der Waals surface area contributed by atoms with Crippen LogP contribution in [0.1, 0.15) is 25.6 Å². The van der Waals surface area contributed by atoms with Crippen molar-refractivity contribution in [1.29, 1.82) is 0 Å². The third-order valence-electron chi connectivity index (χ3n) is 4.30. The van der Waals surface area contributed by atoms with Gasteiger partial charge in [0.25, 0.3) is 0 Å². The maximum Gasteiger partial charge on any atom is 0.191 e. The summed E-state index contributed by atoms with van der Waals surface area (Å²) in [5, 5.41) is 14.9. The summed E-state index contributed by atoms with van der Waals surface area (Å²) in [6.45, 7) is 6.32. The molecular formula is C15H29IN6OS. The van der Waals surface area contributed by atoms with Crippen LogP contribution < -0.4 is 10.6 Å². The molecule has 2 rings (SSSR count). The van der Waals surface area contributed by atoms with Gasteiger partial charge in [0.2, 0.25) is 0 Å². The van der Waals surface area contributed by atoms with Crippen LogP contribution in [-0.4, -0.2) is 65.1 Å². The highest BCUT2D eigenvalue weighted by molar-refractivity contribution is 14.0. The van der Waals surface area contributed by atoms with Gasteiger partial charge in [-0.15, -0.1) is 34.2 Å². The van der Waals surface area contributed by atoms with Crippen LogP contribution in [0.25, 0.3) is 0 Å². The summed E-state index contributed by atoms with van der Waals surface area (Å²) in [5.74, 6) is 1.86. The van der Waals surface area contributed by atoms with E-state index in [1.807, 2.05) is 11.8 Å². The van der Waals surface area contributed by atoms with Gasteiger partial charge in [-0.3, -0.25) is 4.99 Å². The summed E-state index contributed by atoms with van der Waals surface area (Å²) in [5.41, 5.74) is 0. The number of ether oxygens (including phenoxy) is 1. The Labute approximate surface area is 165 Å². The van der Waals surface area contributed by atoms with Crippen LogP contribution in [0.2, 0.25) is 0 Å². The molecule has 0 bridgehead atoms. The summed E-state index contributed by atoms with van der Waals surface area (Å²) >= 11 is 1.93. The van der Waals surface area contributed by atoms with Crippen LogP contribution in [0, 0.1) is 0 Å². The van der Waals surface area contributed by atoms with Gasteiger partial charge in [0.15, 0.2) is 5.96 Å². The Kier molecular flexibility index (Phi) is 9.98. The van der Waals surface area contributed by atoms with Crippen molar-refractivity contribution in [2.75, 3.05) is 39.6 Å². The normalized spacial score (nSPS) is 17.2. The average Bonchev–Trinajstić information content (AvgIpc) is 3.06. The molecule has 1 saturated heterocycles. The van der Waals surface area contributed by atoms with E-state index in [-0.39, 0.29) is 28.7 Å². The van der Waals surface area contributed by atoms with E-state index in [1.165, 1.54) is 0 Å². The summed E-state index contributed by atoms with van der Waals surface area (Å²) in [6, 6.07) is 0. The van der Waals surface area contributed by atoms with Gasteiger partial charge in [0, 0.05) is 51.1 Å². The lowest BCUT2D eigenvalue weighted by atomic mass is 9.99. The Morgan fingerprint density at radius 1 is 1.42 bits per heavy atom. The van der Waals surface area contributed by atoms with Crippen LogP contribution in [0.4, 0.5) is 0 Å². The Bertz CT molecular complexity index is 504. The minimum Gasteiger partial charge on any atom is -0.381 e. The van der Waals surface area contributed by atoms with Gasteiger partial charge in [-0.1, -0.05) is 6.92 Å². The molecule has 1 aliphatic rings. The minimum atomic E-state index is 0. The lowest BCUT2D eigenvalue weighted by Gasteiger charge is -2.36. The van der Waals surface area contributed by atoms with E-state index in [0.717, 1.165) is 63.9 Å². The number of aliphatic imine (C=N–C) groups is 1. The summed E-state index contributed by atoms with van der Waals surface area (Å²) < 4.78 is 7.81. The molecule has 9 heteroatoms. The predicted octanol–water partition coefficient (Wildman–Crippen LogP) is 1.54. The van der Waals surface area contributed by atoms with E-state index in [0.29, 0.717) is 0 Å². The molecule has 1 aliphatic heterocycles. The largest absolute Gasteiger partial charge is 0.381 e. The number of hydrogen-bond acceptors (Lipinski definition) is 5. The fourth-order valence-electron chi connectivity index (χ4n) is 2.70. The molecule has 2 N–H and O–H groups in total. The van der Waals surface area contributed by atoms with Crippen LogP contribution in [0.15, 0.2) is 11.3 Å². The zero-order valence-corrected chi connectivity index (χ0v) is 17.9. The molecule has 0 atom stereocenters. The highest BCUT2D eigenvalue weighted by Gasteiger charge is 2.31. The van der Waals surface area contributed by atoms with Gasteiger partial charge in [-0.05, 0) is 19.1 Å². The zero-order valence-electron chi connectivity index (χ0n) is 14.7. The van der Waals surface area contributed by atoms with Gasteiger partial charge >= 0.3 is 0 Å². The lowest BCUT2D eigenvalue weighted by molar-refractivity contribution is 0.0783. The van der Waals surface area contributed by atoms with Gasteiger partial charge in [0.05, 0.1) is 0 Å². The molecule has 7 nitrogen and oxygen atoms in total. The molecule has 0 aromatic carbocycles. The zero-order chi connectivity index (χ0) is 16.5. The topological polar surface area (TPSA) is 76.4 Å². The molecule has 0 aliphatic carbocycles. The van der Waals surface area contributed by atoms with Crippen molar-refractivity contribution in [3.63, 3.8) is 0 Å². The fraction of sp³-hybridized carbons (Fsp3) is 0.800. The van der Waals surface area contributed by atoms with Gasteiger partial charge < -0.3 is 19.9 Å².